The van der Waals surface area contributed by atoms with Crippen molar-refractivity contribution >= 4 is 10.8 Å². The van der Waals surface area contributed by atoms with Crippen molar-refractivity contribution in [1.29, 1.82) is 5.26 Å². The van der Waals surface area contributed by atoms with Gasteiger partial charge in [0.15, 0.2) is 0 Å². The van der Waals surface area contributed by atoms with Gasteiger partial charge in [0.25, 0.3) is 0 Å². The van der Waals surface area contributed by atoms with Gasteiger partial charge in [0.2, 0.25) is 0 Å². The Kier molecular flexibility index (Phi) is 3.97. The Labute approximate surface area is 146 Å². The van der Waals surface area contributed by atoms with E-state index in [9.17, 15) is 5.26 Å². The fourth-order valence-electron chi connectivity index (χ4n) is 2.97. The standard InChI is InChI=1S/C21H17N3O/c22-13-18-6-3-7-19(14-24-11-10-23-15-24)21(18)25-20-9-8-16-4-1-2-5-17(16)12-20/h1-12,23H,14-15H2. The van der Waals surface area contributed by atoms with Crippen molar-refractivity contribution in [3.63, 3.8) is 0 Å². The molecular formula is C21H17N3O. The molecule has 4 rings (SSSR count). The molecule has 3 aromatic carbocycles. The van der Waals surface area contributed by atoms with Gasteiger partial charge in [-0.15, -0.1) is 0 Å². The maximum absolute atomic E-state index is 9.48. The quantitative estimate of drug-likeness (QED) is 0.774. The predicted molar refractivity (Wildman–Crippen MR) is 97.9 cm³/mol. The van der Waals surface area contributed by atoms with Crippen LogP contribution in [0.15, 0.2) is 73.1 Å². The highest BCUT2D eigenvalue weighted by Crippen LogP contribution is 2.32. The number of para-hydroxylation sites is 1. The molecule has 0 fully saturated rings. The Morgan fingerprint density at radius 2 is 1.92 bits per heavy atom. The number of nitrogens with zero attached hydrogens (tertiary/aromatic N) is 2. The number of hydrogen-bond acceptors (Lipinski definition) is 4. The van der Waals surface area contributed by atoms with Crippen LogP contribution in [0.1, 0.15) is 11.1 Å². The van der Waals surface area contributed by atoms with Crippen LogP contribution in [0.3, 0.4) is 0 Å². The third kappa shape index (κ3) is 3.13. The smallest absolute Gasteiger partial charge is 0.150 e. The molecule has 0 amide bonds. The predicted octanol–water partition coefficient (Wildman–Crippen LogP) is 4.34. The number of ether oxygens (including phenoxy) is 1. The van der Waals surface area contributed by atoms with E-state index in [1.165, 1.54) is 0 Å². The van der Waals surface area contributed by atoms with E-state index < -0.39 is 0 Å². The fourth-order valence-corrected chi connectivity index (χ4v) is 2.97. The molecular weight excluding hydrogens is 310 g/mol. The lowest BCUT2D eigenvalue weighted by atomic mass is 10.1. The van der Waals surface area contributed by atoms with E-state index in [2.05, 4.69) is 28.4 Å². The van der Waals surface area contributed by atoms with Gasteiger partial charge in [0, 0.05) is 24.5 Å². The molecule has 25 heavy (non-hydrogen) atoms. The first-order chi connectivity index (χ1) is 12.3. The summed E-state index contributed by atoms with van der Waals surface area (Å²) in [6.45, 7) is 1.44. The van der Waals surface area contributed by atoms with E-state index in [-0.39, 0.29) is 0 Å². The largest absolute Gasteiger partial charge is 0.456 e. The van der Waals surface area contributed by atoms with Crippen molar-refractivity contribution in [3.05, 3.63) is 84.2 Å². The molecule has 4 heteroatoms. The highest BCUT2D eigenvalue weighted by atomic mass is 16.5. The topological polar surface area (TPSA) is 48.3 Å². The van der Waals surface area contributed by atoms with Crippen LogP contribution in [0.2, 0.25) is 0 Å². The van der Waals surface area contributed by atoms with Gasteiger partial charge in [-0.1, -0.05) is 42.5 Å². The number of nitrogens with one attached hydrogen (secondary N) is 1. The zero-order valence-electron chi connectivity index (χ0n) is 13.6. The van der Waals surface area contributed by atoms with Crippen LogP contribution >= 0.6 is 0 Å². The summed E-state index contributed by atoms with van der Waals surface area (Å²) in [5.74, 6) is 1.36. The molecule has 0 unspecified atom stereocenters. The SMILES string of the molecule is N#Cc1cccc(CN2C=CNC2)c1Oc1ccc2ccccc2c1. The first kappa shape index (κ1) is 15.1. The van der Waals surface area contributed by atoms with Gasteiger partial charge < -0.3 is 15.0 Å². The van der Waals surface area contributed by atoms with Crippen LogP contribution in [0.25, 0.3) is 10.8 Å². The minimum absolute atomic E-state index is 0.543. The van der Waals surface area contributed by atoms with Crippen molar-refractivity contribution in [1.82, 2.24) is 10.2 Å². The van der Waals surface area contributed by atoms with Gasteiger partial charge in [0.05, 0.1) is 12.2 Å². The average Bonchev–Trinajstić information content (AvgIpc) is 3.16. The van der Waals surface area contributed by atoms with Crippen molar-refractivity contribution in [2.75, 3.05) is 6.67 Å². The third-order valence-corrected chi connectivity index (χ3v) is 4.23. The summed E-state index contributed by atoms with van der Waals surface area (Å²) in [6, 6.07) is 22.1. The number of nitriles is 1. The van der Waals surface area contributed by atoms with E-state index >= 15 is 0 Å². The number of hydrogen-bond donors (Lipinski definition) is 1. The molecule has 1 aliphatic heterocycles. The maximum Gasteiger partial charge on any atom is 0.150 e. The monoisotopic (exact) mass is 327 g/mol. The third-order valence-electron chi connectivity index (χ3n) is 4.23. The lowest BCUT2D eigenvalue weighted by Gasteiger charge is -2.18. The Morgan fingerprint density at radius 1 is 1.04 bits per heavy atom. The Morgan fingerprint density at radius 3 is 2.72 bits per heavy atom. The summed E-state index contributed by atoms with van der Waals surface area (Å²) in [4.78, 5) is 2.13. The molecule has 122 valence electrons. The molecule has 3 aromatic rings. The second-order valence-corrected chi connectivity index (χ2v) is 5.94. The Bertz CT molecular complexity index is 988. The van der Waals surface area contributed by atoms with E-state index in [4.69, 9.17) is 4.74 Å². The second-order valence-electron chi connectivity index (χ2n) is 5.94. The molecule has 1 heterocycles. The van der Waals surface area contributed by atoms with Crippen LogP contribution in [0, 0.1) is 11.3 Å². The lowest BCUT2D eigenvalue weighted by molar-refractivity contribution is 0.374. The first-order valence-corrected chi connectivity index (χ1v) is 8.16. The van der Waals surface area contributed by atoms with Gasteiger partial charge in [-0.3, -0.25) is 0 Å². The van der Waals surface area contributed by atoms with Gasteiger partial charge in [-0.05, 0) is 29.0 Å². The highest BCUT2D eigenvalue weighted by Gasteiger charge is 2.14. The van der Waals surface area contributed by atoms with Gasteiger partial charge in [0.1, 0.15) is 17.6 Å². The van der Waals surface area contributed by atoms with Crippen molar-refractivity contribution in [2.24, 2.45) is 0 Å². The highest BCUT2D eigenvalue weighted by molar-refractivity contribution is 5.83. The molecule has 0 aromatic heterocycles. The lowest BCUT2D eigenvalue weighted by Crippen LogP contribution is -2.20. The average molecular weight is 327 g/mol. The molecule has 0 saturated heterocycles. The van der Waals surface area contributed by atoms with Crippen LogP contribution in [-0.2, 0) is 6.54 Å². The zero-order chi connectivity index (χ0) is 17.1. The summed E-state index contributed by atoms with van der Waals surface area (Å²) in [5, 5.41) is 14.9. The Hall–Kier alpha value is -3.45. The Balaban J connectivity index is 1.69. The van der Waals surface area contributed by atoms with E-state index in [1.807, 2.05) is 54.9 Å². The van der Waals surface area contributed by atoms with Crippen LogP contribution in [-0.4, -0.2) is 11.6 Å². The molecule has 0 saturated carbocycles. The van der Waals surface area contributed by atoms with E-state index in [1.54, 1.807) is 6.07 Å². The van der Waals surface area contributed by atoms with E-state index in [0.717, 1.165) is 28.8 Å². The summed E-state index contributed by atoms with van der Waals surface area (Å²) in [6.07, 6.45) is 3.91. The van der Waals surface area contributed by atoms with Crippen LogP contribution in [0.5, 0.6) is 11.5 Å². The summed E-state index contributed by atoms with van der Waals surface area (Å²) in [5.41, 5.74) is 1.53. The summed E-state index contributed by atoms with van der Waals surface area (Å²) >= 11 is 0. The minimum Gasteiger partial charge on any atom is -0.456 e. The number of fused-ring (bicyclic) bond motifs is 1. The molecule has 0 bridgehead atoms. The van der Waals surface area contributed by atoms with Gasteiger partial charge in [-0.2, -0.15) is 5.26 Å². The van der Waals surface area contributed by atoms with Crippen molar-refractivity contribution < 1.29 is 4.74 Å². The molecule has 0 spiro atoms. The molecule has 0 aliphatic carbocycles. The minimum atomic E-state index is 0.543. The van der Waals surface area contributed by atoms with Gasteiger partial charge in [-0.25, -0.2) is 0 Å². The van der Waals surface area contributed by atoms with Crippen molar-refractivity contribution in [3.8, 4) is 17.6 Å². The van der Waals surface area contributed by atoms with Gasteiger partial charge >= 0.3 is 0 Å². The molecule has 0 radical (unpaired) electrons. The van der Waals surface area contributed by atoms with E-state index in [0.29, 0.717) is 17.9 Å². The second kappa shape index (κ2) is 6.58. The fraction of sp³-hybridized carbons (Fsp3) is 0.0952. The van der Waals surface area contributed by atoms with Crippen LogP contribution < -0.4 is 10.1 Å². The number of rotatable bonds is 4. The first-order valence-electron chi connectivity index (χ1n) is 8.16. The van der Waals surface area contributed by atoms with Crippen LogP contribution in [0.4, 0.5) is 0 Å². The summed E-state index contributed by atoms with van der Waals surface area (Å²) < 4.78 is 6.16. The normalized spacial score (nSPS) is 12.8. The molecule has 4 nitrogen and oxygen atoms in total. The maximum atomic E-state index is 9.48. The molecule has 1 N–H and O–H groups in total. The summed E-state index contributed by atoms with van der Waals surface area (Å²) in [7, 11) is 0. The number of benzene rings is 3. The van der Waals surface area contributed by atoms with Crippen molar-refractivity contribution in [2.45, 2.75) is 6.54 Å². The molecule has 0 atom stereocenters. The zero-order valence-corrected chi connectivity index (χ0v) is 13.6. The molecule has 1 aliphatic rings.